The second-order valence-corrected chi connectivity index (χ2v) is 6.75. The number of benzene rings is 1. The molecule has 1 atom stereocenters. The van der Waals surface area contributed by atoms with E-state index < -0.39 is 0 Å². The van der Waals surface area contributed by atoms with E-state index in [4.69, 9.17) is 0 Å². The Balaban J connectivity index is 1.91. The highest BCUT2D eigenvalue weighted by molar-refractivity contribution is 5.98. The molecule has 2 rings (SSSR count). The lowest BCUT2D eigenvalue weighted by atomic mass is 9.96. The van der Waals surface area contributed by atoms with E-state index in [-0.39, 0.29) is 11.7 Å². The number of hydrogen-bond acceptors (Lipinski definition) is 1. The van der Waals surface area contributed by atoms with Crippen LogP contribution in [-0.2, 0) is 0 Å². The van der Waals surface area contributed by atoms with Gasteiger partial charge in [-0.05, 0) is 43.7 Å². The van der Waals surface area contributed by atoms with Gasteiger partial charge in [-0.2, -0.15) is 0 Å². The van der Waals surface area contributed by atoms with Gasteiger partial charge in [-0.15, -0.1) is 0 Å². The van der Waals surface area contributed by atoms with E-state index in [9.17, 15) is 4.79 Å². The summed E-state index contributed by atoms with van der Waals surface area (Å²) in [6.45, 7) is 9.99. The van der Waals surface area contributed by atoms with Gasteiger partial charge >= 0.3 is 0 Å². The van der Waals surface area contributed by atoms with Crippen molar-refractivity contribution in [2.75, 3.05) is 0 Å². The zero-order chi connectivity index (χ0) is 18.2. The van der Waals surface area contributed by atoms with Gasteiger partial charge in [-0.3, -0.25) is 4.79 Å². The van der Waals surface area contributed by atoms with Crippen molar-refractivity contribution in [2.45, 2.75) is 39.5 Å². The largest absolute Gasteiger partial charge is 0.294 e. The Hall–Kier alpha value is -2.41. The van der Waals surface area contributed by atoms with Gasteiger partial charge in [-0.25, -0.2) is 0 Å². The second kappa shape index (κ2) is 9.17. The number of carbonyl (C=O) groups is 1. The maximum Gasteiger partial charge on any atom is 0.169 e. The van der Waals surface area contributed by atoms with Gasteiger partial charge < -0.3 is 0 Å². The summed E-state index contributed by atoms with van der Waals surface area (Å²) in [5.74, 6) is 0.720. The Morgan fingerprint density at radius 2 is 1.84 bits per heavy atom. The topological polar surface area (TPSA) is 17.1 Å². The predicted molar refractivity (Wildman–Crippen MR) is 108 cm³/mol. The molecule has 1 saturated carbocycles. The van der Waals surface area contributed by atoms with Crippen molar-refractivity contribution in [3.8, 4) is 0 Å². The molecule has 130 valence electrons. The van der Waals surface area contributed by atoms with Crippen molar-refractivity contribution >= 4 is 5.78 Å². The Labute approximate surface area is 152 Å². The Morgan fingerprint density at radius 1 is 1.16 bits per heavy atom. The number of rotatable bonds is 8. The van der Waals surface area contributed by atoms with E-state index in [0.29, 0.717) is 0 Å². The molecule has 0 N–H and O–H groups in total. The minimum Gasteiger partial charge on any atom is -0.294 e. The van der Waals surface area contributed by atoms with Crippen LogP contribution in [0.25, 0.3) is 0 Å². The molecule has 0 heterocycles. The fourth-order valence-corrected chi connectivity index (χ4v) is 2.55. The highest BCUT2D eigenvalue weighted by Gasteiger charge is 2.23. The summed E-state index contributed by atoms with van der Waals surface area (Å²) < 4.78 is 0. The molecule has 0 bridgehead atoms. The fraction of sp³-hybridized carbons (Fsp3) is 0.292. The number of ketones is 1. The molecule has 0 aromatic heterocycles. The highest BCUT2D eigenvalue weighted by Crippen LogP contribution is 2.39. The first kappa shape index (κ1) is 18.9. The predicted octanol–water partition coefficient (Wildman–Crippen LogP) is 6.57. The van der Waals surface area contributed by atoms with Crippen LogP contribution in [0.15, 0.2) is 84.5 Å². The average Bonchev–Trinajstić information content (AvgIpc) is 3.47. The third-order valence-electron chi connectivity index (χ3n) is 4.37. The van der Waals surface area contributed by atoms with Crippen LogP contribution in [0.1, 0.15) is 55.5 Å². The van der Waals surface area contributed by atoms with Crippen molar-refractivity contribution in [1.82, 2.24) is 0 Å². The SMILES string of the molecule is C=C(C=CC(C)=CC=CC)C=CC(C)C(=O)c1ccc(C2CC2)cc1. The molecular formula is C24H28O. The third kappa shape index (κ3) is 6.19. The molecule has 1 aliphatic carbocycles. The second-order valence-electron chi connectivity index (χ2n) is 6.75. The van der Waals surface area contributed by atoms with Crippen molar-refractivity contribution in [1.29, 1.82) is 0 Å². The molecule has 0 spiro atoms. The van der Waals surface area contributed by atoms with Crippen molar-refractivity contribution in [3.05, 3.63) is 95.6 Å². The molecule has 0 aliphatic heterocycles. The number of Topliss-reactive ketones (excluding diaryl/α,β-unsaturated/α-hetero) is 1. The maximum absolute atomic E-state index is 12.5. The van der Waals surface area contributed by atoms with E-state index in [2.05, 4.69) is 18.7 Å². The molecule has 1 nitrogen and oxygen atoms in total. The molecule has 0 amide bonds. The number of hydrogen-bond donors (Lipinski definition) is 0. The molecular weight excluding hydrogens is 304 g/mol. The maximum atomic E-state index is 12.5. The van der Waals surface area contributed by atoms with Crippen LogP contribution in [0.5, 0.6) is 0 Å². The van der Waals surface area contributed by atoms with Crippen molar-refractivity contribution in [2.24, 2.45) is 5.92 Å². The zero-order valence-electron chi connectivity index (χ0n) is 15.5. The van der Waals surface area contributed by atoms with Crippen LogP contribution >= 0.6 is 0 Å². The molecule has 1 heteroatoms. The van der Waals surface area contributed by atoms with Crippen LogP contribution in [0.2, 0.25) is 0 Å². The standard InChI is InChI=1S/C24H28O/c1-5-6-7-18(2)8-9-19(3)10-11-20(4)24(25)23-16-14-22(15-17-23)21-12-13-21/h5-11,14-17,20-21H,3,12-13H2,1-2,4H3. The Bertz CT molecular complexity index is 722. The van der Waals surface area contributed by atoms with Gasteiger partial charge in [0, 0.05) is 11.5 Å². The molecule has 0 radical (unpaired) electrons. The molecule has 1 unspecified atom stereocenters. The van der Waals surface area contributed by atoms with E-state index in [1.54, 1.807) is 0 Å². The summed E-state index contributed by atoms with van der Waals surface area (Å²) in [7, 11) is 0. The van der Waals surface area contributed by atoms with Gasteiger partial charge in [0.25, 0.3) is 0 Å². The van der Waals surface area contributed by atoms with Gasteiger partial charge in [0.2, 0.25) is 0 Å². The first-order valence-electron chi connectivity index (χ1n) is 9.00. The lowest BCUT2D eigenvalue weighted by molar-refractivity contribution is 0.0953. The highest BCUT2D eigenvalue weighted by atomic mass is 16.1. The van der Waals surface area contributed by atoms with E-state index in [1.807, 2.05) is 75.4 Å². The lowest BCUT2D eigenvalue weighted by Gasteiger charge is -2.07. The lowest BCUT2D eigenvalue weighted by Crippen LogP contribution is -2.08. The van der Waals surface area contributed by atoms with Crippen LogP contribution in [0, 0.1) is 5.92 Å². The van der Waals surface area contributed by atoms with E-state index >= 15 is 0 Å². The van der Waals surface area contributed by atoms with Gasteiger partial charge in [0.1, 0.15) is 0 Å². The van der Waals surface area contributed by atoms with E-state index in [0.717, 1.165) is 22.6 Å². The van der Waals surface area contributed by atoms with Gasteiger partial charge in [0.05, 0.1) is 0 Å². The van der Waals surface area contributed by atoms with Crippen LogP contribution in [0.4, 0.5) is 0 Å². The molecule has 1 aromatic rings. The smallest absolute Gasteiger partial charge is 0.169 e. The summed E-state index contributed by atoms with van der Waals surface area (Å²) in [6.07, 6.45) is 16.4. The van der Waals surface area contributed by atoms with Gasteiger partial charge in [0.15, 0.2) is 5.78 Å². The quantitative estimate of drug-likeness (QED) is 0.388. The Morgan fingerprint density at radius 3 is 2.44 bits per heavy atom. The molecule has 0 saturated heterocycles. The molecule has 25 heavy (non-hydrogen) atoms. The first-order chi connectivity index (χ1) is 12.0. The fourth-order valence-electron chi connectivity index (χ4n) is 2.55. The molecule has 1 aromatic carbocycles. The van der Waals surface area contributed by atoms with Crippen molar-refractivity contribution in [3.63, 3.8) is 0 Å². The summed E-state index contributed by atoms with van der Waals surface area (Å²) in [6, 6.07) is 8.13. The average molecular weight is 332 g/mol. The van der Waals surface area contributed by atoms with Crippen LogP contribution < -0.4 is 0 Å². The molecule has 1 fully saturated rings. The summed E-state index contributed by atoms with van der Waals surface area (Å²) in [5, 5.41) is 0. The number of allylic oxidation sites excluding steroid dienone is 9. The van der Waals surface area contributed by atoms with Crippen LogP contribution in [-0.4, -0.2) is 5.78 Å². The third-order valence-corrected chi connectivity index (χ3v) is 4.37. The first-order valence-corrected chi connectivity index (χ1v) is 9.00. The summed E-state index contributed by atoms with van der Waals surface area (Å²) >= 11 is 0. The Kier molecular flexibility index (Phi) is 6.94. The normalized spacial score (nSPS) is 16.8. The minimum absolute atomic E-state index is 0.152. The van der Waals surface area contributed by atoms with Crippen molar-refractivity contribution < 1.29 is 4.79 Å². The monoisotopic (exact) mass is 332 g/mol. The summed E-state index contributed by atoms with van der Waals surface area (Å²) in [5.41, 5.74) is 4.19. The van der Waals surface area contributed by atoms with Crippen LogP contribution in [0.3, 0.4) is 0 Å². The number of carbonyl (C=O) groups excluding carboxylic acids is 1. The molecule has 1 aliphatic rings. The van der Waals surface area contributed by atoms with E-state index in [1.165, 1.54) is 18.4 Å². The summed E-state index contributed by atoms with van der Waals surface area (Å²) in [4.78, 5) is 12.5. The zero-order valence-corrected chi connectivity index (χ0v) is 15.5. The minimum atomic E-state index is -0.156. The van der Waals surface area contributed by atoms with Gasteiger partial charge in [-0.1, -0.05) is 85.9 Å².